The molecule has 1 N–H and O–H groups in total. The lowest BCUT2D eigenvalue weighted by Gasteiger charge is -2.26. The minimum Gasteiger partial charge on any atom is -0.480 e. The summed E-state index contributed by atoms with van der Waals surface area (Å²) >= 11 is 0. The van der Waals surface area contributed by atoms with Crippen LogP contribution >= 0.6 is 0 Å². The van der Waals surface area contributed by atoms with E-state index < -0.39 is 52.1 Å². The number of ether oxygens (including phenoxy) is 1. The quantitative estimate of drug-likeness (QED) is 0.755. The second-order valence-electron chi connectivity index (χ2n) is 5.32. The lowest BCUT2D eigenvalue weighted by molar-refractivity contribution is -0.142. The number of hydrogen-bond donors (Lipinski definition) is 1. The smallest absolute Gasteiger partial charge is 0.411 e. The topological polar surface area (TPSA) is 101 Å². The highest BCUT2D eigenvalue weighted by Gasteiger charge is 2.46. The summed E-state index contributed by atoms with van der Waals surface area (Å²) in [6.45, 7) is 4.23. The summed E-state index contributed by atoms with van der Waals surface area (Å²) < 4.78 is 39.5. The molecule has 1 aliphatic heterocycles. The van der Waals surface area contributed by atoms with Crippen LogP contribution in [0.1, 0.15) is 27.2 Å². The van der Waals surface area contributed by atoms with Gasteiger partial charge in [0.2, 0.25) is 0 Å². The van der Waals surface area contributed by atoms with Gasteiger partial charge in [-0.25, -0.2) is 9.59 Å². The van der Waals surface area contributed by atoms with Gasteiger partial charge in [0.05, 0.1) is 0 Å². The maximum absolute atomic E-state index is 12.9. The number of amides is 1. The summed E-state index contributed by atoms with van der Waals surface area (Å²) in [7, 11) is -4.89. The van der Waals surface area contributed by atoms with Gasteiger partial charge in [0.25, 0.3) is 0 Å². The van der Waals surface area contributed by atoms with Crippen molar-refractivity contribution in [2.24, 2.45) is 0 Å². The number of hydrogen-bond acceptors (Lipinski definition) is 5. The Kier molecular flexibility index (Phi) is 4.08. The number of carbonyl (C=O) groups is 2. The van der Waals surface area contributed by atoms with Gasteiger partial charge in [0.15, 0.2) is 0 Å². The molecule has 0 radical (unpaired) electrons. The minimum atomic E-state index is -4.89. The normalized spacial score (nSPS) is 24.3. The highest BCUT2D eigenvalue weighted by Crippen LogP contribution is 2.26. The van der Waals surface area contributed by atoms with Crippen LogP contribution in [0.2, 0.25) is 0 Å². The first-order valence-electron chi connectivity index (χ1n) is 5.57. The van der Waals surface area contributed by atoms with Gasteiger partial charge in [-0.3, -0.25) is 4.90 Å². The third-order valence-electron chi connectivity index (χ3n) is 2.57. The van der Waals surface area contributed by atoms with Crippen molar-refractivity contribution in [1.29, 1.82) is 0 Å². The van der Waals surface area contributed by atoms with Crippen molar-refractivity contribution in [2.75, 3.05) is 6.54 Å². The monoisotopic (exact) mass is 297 g/mol. The molecule has 7 nitrogen and oxygen atoms in total. The molecule has 2 atom stereocenters. The Morgan fingerprint density at radius 1 is 1.37 bits per heavy atom. The van der Waals surface area contributed by atoms with Gasteiger partial charge < -0.3 is 9.84 Å². The summed E-state index contributed by atoms with van der Waals surface area (Å²) in [4.78, 5) is 23.5. The first-order valence-corrected chi connectivity index (χ1v) is 7.02. The van der Waals surface area contributed by atoms with Crippen LogP contribution in [-0.2, 0) is 19.8 Å². The Labute approximate surface area is 110 Å². The van der Waals surface area contributed by atoms with Crippen molar-refractivity contribution in [2.45, 2.75) is 44.1 Å². The molecule has 1 fully saturated rings. The molecular weight excluding hydrogens is 281 g/mol. The number of rotatable bonds is 2. The number of carboxylic acid groups (broad SMARTS) is 1. The van der Waals surface area contributed by atoms with E-state index in [-0.39, 0.29) is 0 Å². The van der Waals surface area contributed by atoms with E-state index in [1.807, 2.05) is 0 Å². The van der Waals surface area contributed by atoms with Crippen molar-refractivity contribution in [3.05, 3.63) is 0 Å². The zero-order valence-electron chi connectivity index (χ0n) is 10.8. The van der Waals surface area contributed by atoms with Crippen LogP contribution in [0.3, 0.4) is 0 Å². The highest BCUT2D eigenvalue weighted by molar-refractivity contribution is 7.87. The molecule has 0 aromatic carbocycles. The van der Waals surface area contributed by atoms with Crippen LogP contribution in [0, 0.1) is 0 Å². The standard InChI is InChI=1S/C10H16FNO6S/c1-10(2,3)18-9(15)12-5-6(19(11,16)17)4-7(12)8(13)14/h6-7H,4-5H2,1-3H3,(H,13,14). The van der Waals surface area contributed by atoms with Gasteiger partial charge in [-0.05, 0) is 27.2 Å². The zero-order chi connectivity index (χ0) is 15.0. The fraction of sp³-hybridized carbons (Fsp3) is 0.800. The van der Waals surface area contributed by atoms with Crippen LogP contribution < -0.4 is 0 Å². The molecular formula is C10H16FNO6S. The molecule has 1 rings (SSSR count). The predicted molar refractivity (Wildman–Crippen MR) is 62.8 cm³/mol. The van der Waals surface area contributed by atoms with Crippen LogP contribution in [0.15, 0.2) is 0 Å². The average Bonchev–Trinajstić information content (AvgIpc) is 2.57. The first kappa shape index (κ1) is 15.7. The fourth-order valence-electron chi connectivity index (χ4n) is 1.76. The summed E-state index contributed by atoms with van der Waals surface area (Å²) in [6.07, 6.45) is -1.45. The number of carbonyl (C=O) groups excluding carboxylic acids is 1. The van der Waals surface area contributed by atoms with Crippen molar-refractivity contribution < 1.29 is 31.7 Å². The van der Waals surface area contributed by atoms with Gasteiger partial charge in [0, 0.05) is 6.54 Å². The minimum absolute atomic E-state index is 0.479. The molecule has 0 aliphatic carbocycles. The van der Waals surface area contributed by atoms with E-state index in [2.05, 4.69) is 0 Å². The first-order chi connectivity index (χ1) is 8.42. The molecule has 19 heavy (non-hydrogen) atoms. The van der Waals surface area contributed by atoms with E-state index in [1.165, 1.54) is 0 Å². The maximum atomic E-state index is 12.9. The Morgan fingerprint density at radius 3 is 2.26 bits per heavy atom. The van der Waals surface area contributed by atoms with Crippen LogP contribution in [-0.4, -0.2) is 53.9 Å². The van der Waals surface area contributed by atoms with Gasteiger partial charge in [-0.15, -0.1) is 3.89 Å². The average molecular weight is 297 g/mol. The maximum Gasteiger partial charge on any atom is 0.411 e. The van der Waals surface area contributed by atoms with E-state index in [4.69, 9.17) is 9.84 Å². The number of carboxylic acids is 1. The summed E-state index contributed by atoms with van der Waals surface area (Å²) in [5, 5.41) is 7.42. The van der Waals surface area contributed by atoms with Gasteiger partial charge >= 0.3 is 22.3 Å². The van der Waals surface area contributed by atoms with E-state index in [9.17, 15) is 21.9 Å². The molecule has 0 bridgehead atoms. The predicted octanol–water partition coefficient (Wildman–Crippen LogP) is 0.748. The van der Waals surface area contributed by atoms with Crippen molar-refractivity contribution in [1.82, 2.24) is 4.90 Å². The molecule has 2 unspecified atom stereocenters. The Morgan fingerprint density at radius 2 is 1.89 bits per heavy atom. The van der Waals surface area contributed by atoms with Crippen LogP contribution in [0.25, 0.3) is 0 Å². The van der Waals surface area contributed by atoms with Gasteiger partial charge in [0.1, 0.15) is 16.9 Å². The lowest BCUT2D eigenvalue weighted by Crippen LogP contribution is -2.43. The van der Waals surface area contributed by atoms with Crippen LogP contribution in [0.5, 0.6) is 0 Å². The second kappa shape index (κ2) is 4.95. The van der Waals surface area contributed by atoms with E-state index in [0.717, 1.165) is 4.90 Å². The third kappa shape index (κ3) is 4.05. The molecule has 0 aromatic heterocycles. The van der Waals surface area contributed by atoms with E-state index in [0.29, 0.717) is 0 Å². The number of nitrogens with zero attached hydrogens (tertiary/aromatic N) is 1. The largest absolute Gasteiger partial charge is 0.480 e. The van der Waals surface area contributed by atoms with Crippen molar-refractivity contribution in [3.63, 3.8) is 0 Å². The zero-order valence-corrected chi connectivity index (χ0v) is 11.6. The molecule has 1 heterocycles. The molecule has 1 amide bonds. The van der Waals surface area contributed by atoms with Gasteiger partial charge in [-0.1, -0.05) is 0 Å². The Hall–Kier alpha value is -1.38. The number of halogens is 1. The van der Waals surface area contributed by atoms with Crippen molar-refractivity contribution >= 4 is 22.3 Å². The molecule has 0 spiro atoms. The SMILES string of the molecule is CC(C)(C)OC(=O)N1CC(S(=O)(=O)F)CC1C(=O)O. The van der Waals surface area contributed by atoms with E-state index >= 15 is 0 Å². The lowest BCUT2D eigenvalue weighted by atomic mass is 10.2. The summed E-state index contributed by atoms with van der Waals surface area (Å²) in [5.41, 5.74) is -0.854. The summed E-state index contributed by atoms with van der Waals surface area (Å²) in [6, 6.07) is -1.40. The molecule has 1 aliphatic rings. The third-order valence-corrected chi connectivity index (χ3v) is 3.71. The van der Waals surface area contributed by atoms with E-state index in [1.54, 1.807) is 20.8 Å². The molecule has 9 heteroatoms. The number of aliphatic carboxylic acids is 1. The van der Waals surface area contributed by atoms with Crippen molar-refractivity contribution in [3.8, 4) is 0 Å². The summed E-state index contributed by atoms with van der Waals surface area (Å²) in [5.74, 6) is -1.39. The van der Waals surface area contributed by atoms with Gasteiger partial charge in [-0.2, -0.15) is 8.42 Å². The molecule has 0 saturated carbocycles. The molecule has 0 aromatic rings. The fourth-order valence-corrected chi connectivity index (χ4v) is 2.51. The second-order valence-corrected chi connectivity index (χ2v) is 6.94. The Balaban J connectivity index is 2.92. The Bertz CT molecular complexity index is 483. The highest BCUT2D eigenvalue weighted by atomic mass is 32.3. The molecule has 110 valence electrons. The van der Waals surface area contributed by atoms with Crippen LogP contribution in [0.4, 0.5) is 8.68 Å². The molecule has 1 saturated heterocycles. The number of likely N-dealkylation sites (tertiary alicyclic amines) is 1.